The molecule has 5 N–H and O–H groups in total. The Hall–Kier alpha value is -0.950. The third-order valence-corrected chi connectivity index (χ3v) is 17.0. The highest BCUT2D eigenvalue weighted by Gasteiger charge is 2.28. The van der Waals surface area contributed by atoms with Crippen molar-refractivity contribution >= 4 is 5.91 Å². The molecule has 0 aromatic heterocycles. The second kappa shape index (κ2) is 64.9. The number of allylic oxidation sites excluding steroid dienone is 2. The first-order valence-electron chi connectivity index (χ1n) is 35.1. The summed E-state index contributed by atoms with van der Waals surface area (Å²) in [6.45, 7) is 4.10. The second-order valence-corrected chi connectivity index (χ2v) is 24.6. The Bertz CT molecular complexity index is 1120. The van der Waals surface area contributed by atoms with Crippen LogP contribution in [0.2, 0.25) is 0 Å². The molecule has 454 valence electrons. The Morgan fingerprint density at radius 3 is 0.789 bits per heavy atom. The van der Waals surface area contributed by atoms with Gasteiger partial charge in [0.25, 0.3) is 0 Å². The molecule has 0 saturated heterocycles. The first-order valence-corrected chi connectivity index (χ1v) is 35.1. The molecule has 0 aromatic carbocycles. The summed E-state index contributed by atoms with van der Waals surface area (Å²) in [4.78, 5) is 12.7. The summed E-state index contributed by atoms with van der Waals surface area (Å²) in [5.74, 6) is -0.584. The van der Waals surface area contributed by atoms with Crippen molar-refractivity contribution in [2.45, 2.75) is 423 Å². The minimum atomic E-state index is -1.28. The lowest BCUT2D eigenvalue weighted by molar-refractivity contribution is -0.132. The summed E-state index contributed by atoms with van der Waals surface area (Å²) in [5, 5.41) is 44.2. The van der Waals surface area contributed by atoms with Crippen LogP contribution in [0.25, 0.3) is 0 Å². The average molecular weight is 1070 g/mol. The highest BCUT2D eigenvalue weighted by atomic mass is 16.3. The maximum atomic E-state index is 12.7. The van der Waals surface area contributed by atoms with Crippen molar-refractivity contribution in [1.82, 2.24) is 5.32 Å². The van der Waals surface area contributed by atoms with Crippen LogP contribution in [-0.4, -0.2) is 57.3 Å². The number of unbranched alkanes of at least 4 members (excludes halogenated alkanes) is 55. The van der Waals surface area contributed by atoms with Crippen LogP contribution in [0.4, 0.5) is 0 Å². The van der Waals surface area contributed by atoms with Gasteiger partial charge in [-0.05, 0) is 38.5 Å². The maximum absolute atomic E-state index is 12.7. The molecule has 0 bridgehead atoms. The lowest BCUT2D eigenvalue weighted by Gasteiger charge is -2.27. The fourth-order valence-electron chi connectivity index (χ4n) is 11.5. The lowest BCUT2D eigenvalue weighted by atomic mass is 10.00. The van der Waals surface area contributed by atoms with Crippen molar-refractivity contribution in [2.24, 2.45) is 0 Å². The zero-order chi connectivity index (χ0) is 55.1. The minimum absolute atomic E-state index is 0.369. The van der Waals surface area contributed by atoms with Gasteiger partial charge in [0.05, 0.1) is 18.8 Å². The van der Waals surface area contributed by atoms with E-state index >= 15 is 0 Å². The normalized spacial score (nSPS) is 13.5. The number of nitrogens with one attached hydrogen (secondary N) is 1. The molecule has 76 heavy (non-hydrogen) atoms. The molecule has 0 aliphatic carbocycles. The predicted molar refractivity (Wildman–Crippen MR) is 335 cm³/mol. The van der Waals surface area contributed by atoms with E-state index in [1.165, 1.54) is 334 Å². The molecule has 0 spiro atoms. The van der Waals surface area contributed by atoms with Crippen LogP contribution in [0.5, 0.6) is 0 Å². The molecule has 0 radical (unpaired) electrons. The molecule has 6 heteroatoms. The van der Waals surface area contributed by atoms with Gasteiger partial charge in [-0.15, -0.1) is 0 Å². The molecule has 0 aromatic rings. The van der Waals surface area contributed by atoms with Crippen LogP contribution >= 0.6 is 0 Å². The topological polar surface area (TPSA) is 110 Å². The molecule has 0 aliphatic heterocycles. The summed E-state index contributed by atoms with van der Waals surface area (Å²) in [6.07, 6.45) is 80.7. The van der Waals surface area contributed by atoms with Crippen LogP contribution in [0.15, 0.2) is 12.2 Å². The Kier molecular flexibility index (Phi) is 64.1. The van der Waals surface area contributed by atoms with E-state index in [9.17, 15) is 25.2 Å². The van der Waals surface area contributed by atoms with Crippen LogP contribution in [0.3, 0.4) is 0 Å². The van der Waals surface area contributed by atoms with Gasteiger partial charge in [0.15, 0.2) is 0 Å². The van der Waals surface area contributed by atoms with Crippen LogP contribution < -0.4 is 5.32 Å². The number of aliphatic hydroxyl groups excluding tert-OH is 4. The van der Waals surface area contributed by atoms with Gasteiger partial charge in [-0.1, -0.05) is 373 Å². The van der Waals surface area contributed by atoms with Gasteiger partial charge in [0.1, 0.15) is 12.2 Å². The number of carbonyl (C=O) groups excluding carboxylic acids is 1. The van der Waals surface area contributed by atoms with Gasteiger partial charge < -0.3 is 25.7 Å². The molecule has 4 atom stereocenters. The van der Waals surface area contributed by atoms with Crippen molar-refractivity contribution in [3.8, 4) is 0 Å². The quantitative estimate of drug-likeness (QED) is 0.0308. The largest absolute Gasteiger partial charge is 0.394 e. The van der Waals surface area contributed by atoms with Gasteiger partial charge >= 0.3 is 0 Å². The zero-order valence-corrected chi connectivity index (χ0v) is 51.8. The molecule has 6 nitrogen and oxygen atoms in total. The van der Waals surface area contributed by atoms with Gasteiger partial charge in [0, 0.05) is 0 Å². The van der Waals surface area contributed by atoms with Crippen LogP contribution in [0, 0.1) is 0 Å². The number of amides is 1. The Morgan fingerprint density at radius 1 is 0.316 bits per heavy atom. The summed E-state index contributed by atoms with van der Waals surface area (Å²) in [5.41, 5.74) is 0. The third-order valence-electron chi connectivity index (χ3n) is 17.0. The van der Waals surface area contributed by atoms with E-state index in [1.807, 2.05) is 0 Å². The van der Waals surface area contributed by atoms with Crippen molar-refractivity contribution < 1.29 is 25.2 Å². The average Bonchev–Trinajstić information content (AvgIpc) is 3.42. The number of aliphatic hydroxyl groups is 4. The number of hydrogen-bond acceptors (Lipinski definition) is 5. The molecule has 4 unspecified atom stereocenters. The lowest BCUT2D eigenvalue weighted by Crippen LogP contribution is -2.53. The van der Waals surface area contributed by atoms with Gasteiger partial charge in [0.2, 0.25) is 5.91 Å². The first-order chi connectivity index (χ1) is 37.5. The van der Waals surface area contributed by atoms with Crippen molar-refractivity contribution in [1.29, 1.82) is 0 Å². The van der Waals surface area contributed by atoms with E-state index in [4.69, 9.17) is 0 Å². The van der Waals surface area contributed by atoms with Crippen molar-refractivity contribution in [3.05, 3.63) is 12.2 Å². The highest BCUT2D eigenvalue weighted by molar-refractivity contribution is 5.80. The Balaban J connectivity index is 3.51. The highest BCUT2D eigenvalue weighted by Crippen LogP contribution is 2.20. The number of carbonyl (C=O) groups is 1. The van der Waals surface area contributed by atoms with Gasteiger partial charge in [-0.25, -0.2) is 0 Å². The Morgan fingerprint density at radius 2 is 0.539 bits per heavy atom. The molecular weight excluding hydrogens is 935 g/mol. The smallest absolute Gasteiger partial charge is 0.249 e. The predicted octanol–water partition coefficient (Wildman–Crippen LogP) is 21.5. The SMILES string of the molecule is CCCCCCCCCCCCCCCCCCCCC/C=C/CCCC(O)C(O)C(CO)NC(=O)C(O)CCCCCCCCCCCCCCCCCCCCCCCCCCCCCCCCCCCCCC. The van der Waals surface area contributed by atoms with Gasteiger partial charge in [-0.2, -0.15) is 0 Å². The first kappa shape index (κ1) is 75.0. The molecule has 0 saturated carbocycles. The third kappa shape index (κ3) is 57.7. The maximum Gasteiger partial charge on any atom is 0.249 e. The molecule has 1 amide bonds. The summed E-state index contributed by atoms with van der Waals surface area (Å²) in [7, 11) is 0. The van der Waals surface area contributed by atoms with Crippen LogP contribution in [0.1, 0.15) is 399 Å². The monoisotopic (exact) mass is 1070 g/mol. The summed E-state index contributed by atoms with van der Waals surface area (Å²) < 4.78 is 0. The number of hydrogen-bond donors (Lipinski definition) is 5. The Labute approximate surface area is 476 Å². The molecule has 0 rings (SSSR count). The van der Waals surface area contributed by atoms with E-state index in [1.54, 1.807) is 0 Å². The molecular formula is C70H139NO5. The summed E-state index contributed by atoms with van der Waals surface area (Å²) >= 11 is 0. The second-order valence-electron chi connectivity index (χ2n) is 24.6. The van der Waals surface area contributed by atoms with Crippen molar-refractivity contribution in [2.75, 3.05) is 6.61 Å². The zero-order valence-electron chi connectivity index (χ0n) is 51.8. The van der Waals surface area contributed by atoms with Crippen LogP contribution in [-0.2, 0) is 4.79 Å². The molecule has 0 fully saturated rings. The van der Waals surface area contributed by atoms with E-state index in [0.717, 1.165) is 38.5 Å². The van der Waals surface area contributed by atoms with Crippen molar-refractivity contribution in [3.63, 3.8) is 0 Å². The standard InChI is InChI=1S/C70H139NO5/c1-3-5-7-9-11-13-15-17-19-21-23-25-27-29-30-31-32-33-34-35-36-37-38-39-40-42-44-46-48-50-52-54-56-58-60-62-64-68(74)70(76)71-66(65-72)69(75)67(73)63-61-59-57-55-53-51-49-47-45-43-41-28-26-24-22-20-18-16-14-12-10-8-6-4-2/h55,57,66-69,72-75H,3-54,56,58-65H2,1-2H3,(H,71,76)/b57-55+. The van der Waals surface area contributed by atoms with Gasteiger partial charge in [-0.3, -0.25) is 4.79 Å². The van der Waals surface area contributed by atoms with E-state index in [0.29, 0.717) is 12.8 Å². The van der Waals surface area contributed by atoms with E-state index < -0.39 is 36.9 Å². The van der Waals surface area contributed by atoms with E-state index in [-0.39, 0.29) is 0 Å². The molecule has 0 aliphatic rings. The minimum Gasteiger partial charge on any atom is -0.394 e. The fourth-order valence-corrected chi connectivity index (χ4v) is 11.5. The molecule has 0 heterocycles. The van der Waals surface area contributed by atoms with E-state index in [2.05, 4.69) is 31.3 Å². The fraction of sp³-hybridized carbons (Fsp3) is 0.957. The number of rotatable bonds is 66. The summed E-state index contributed by atoms with van der Waals surface area (Å²) in [6, 6.07) is -1.00.